The fourth-order valence-corrected chi connectivity index (χ4v) is 4.07. The summed E-state index contributed by atoms with van der Waals surface area (Å²) in [4.78, 5) is 0. The molecule has 0 aromatic heterocycles. The van der Waals surface area contributed by atoms with Crippen molar-refractivity contribution in [1.29, 1.82) is 0 Å². The Morgan fingerprint density at radius 2 is 2.12 bits per heavy atom. The van der Waals surface area contributed by atoms with E-state index in [1.54, 1.807) is 0 Å². The summed E-state index contributed by atoms with van der Waals surface area (Å²) in [6.07, 6.45) is 3.26. The van der Waals surface area contributed by atoms with Gasteiger partial charge >= 0.3 is 0 Å². The molecule has 1 aliphatic heterocycles. The SMILES string of the molecule is CC1(C)CC1CNS(=O)(=O)CC1CCCNC1. The van der Waals surface area contributed by atoms with Gasteiger partial charge in [-0.3, -0.25) is 0 Å². The first-order valence-corrected chi connectivity index (χ1v) is 8.22. The molecule has 4 nitrogen and oxygen atoms in total. The molecule has 2 aliphatic rings. The molecule has 1 saturated carbocycles. The van der Waals surface area contributed by atoms with E-state index >= 15 is 0 Å². The smallest absolute Gasteiger partial charge is 0.211 e. The summed E-state index contributed by atoms with van der Waals surface area (Å²) in [5.41, 5.74) is 0.342. The summed E-state index contributed by atoms with van der Waals surface area (Å²) in [5, 5.41) is 3.26. The highest BCUT2D eigenvalue weighted by molar-refractivity contribution is 7.89. The topological polar surface area (TPSA) is 58.2 Å². The molecule has 0 radical (unpaired) electrons. The number of piperidine rings is 1. The van der Waals surface area contributed by atoms with Crippen LogP contribution < -0.4 is 10.0 Å². The molecule has 2 N–H and O–H groups in total. The molecule has 2 fully saturated rings. The molecule has 5 heteroatoms. The molecule has 0 amide bonds. The number of hydrogen-bond acceptors (Lipinski definition) is 3. The summed E-state index contributed by atoms with van der Waals surface area (Å²) >= 11 is 0. The first kappa shape index (κ1) is 13.3. The van der Waals surface area contributed by atoms with Crippen molar-refractivity contribution in [3.63, 3.8) is 0 Å². The van der Waals surface area contributed by atoms with Gasteiger partial charge in [0.15, 0.2) is 0 Å². The highest BCUT2D eigenvalue weighted by Gasteiger charge is 2.45. The minimum absolute atomic E-state index is 0.285. The first-order valence-electron chi connectivity index (χ1n) is 6.57. The van der Waals surface area contributed by atoms with Crippen molar-refractivity contribution in [1.82, 2.24) is 10.0 Å². The van der Waals surface area contributed by atoms with Crippen LogP contribution in [-0.2, 0) is 10.0 Å². The van der Waals surface area contributed by atoms with E-state index in [0.29, 0.717) is 17.9 Å². The van der Waals surface area contributed by atoms with Crippen LogP contribution in [0.25, 0.3) is 0 Å². The summed E-state index contributed by atoms with van der Waals surface area (Å²) in [6, 6.07) is 0. The minimum atomic E-state index is -3.08. The van der Waals surface area contributed by atoms with E-state index in [2.05, 4.69) is 23.9 Å². The average Bonchev–Trinajstić information content (AvgIpc) is 2.85. The molecule has 0 aromatic carbocycles. The van der Waals surface area contributed by atoms with E-state index in [9.17, 15) is 8.42 Å². The fourth-order valence-electron chi connectivity index (χ4n) is 2.59. The molecule has 2 rings (SSSR count). The number of rotatable bonds is 5. The predicted molar refractivity (Wildman–Crippen MR) is 69.3 cm³/mol. The van der Waals surface area contributed by atoms with E-state index in [1.807, 2.05) is 0 Å². The molecule has 2 unspecified atom stereocenters. The third-order valence-corrected chi connectivity index (χ3v) is 5.64. The van der Waals surface area contributed by atoms with Gasteiger partial charge in [0.1, 0.15) is 0 Å². The molecule has 1 saturated heterocycles. The second kappa shape index (κ2) is 4.86. The highest BCUT2D eigenvalue weighted by Crippen LogP contribution is 2.51. The van der Waals surface area contributed by atoms with Crippen molar-refractivity contribution in [2.24, 2.45) is 17.3 Å². The summed E-state index contributed by atoms with van der Waals surface area (Å²) in [7, 11) is -3.08. The Morgan fingerprint density at radius 1 is 1.41 bits per heavy atom. The van der Waals surface area contributed by atoms with Gasteiger partial charge < -0.3 is 5.32 Å². The maximum Gasteiger partial charge on any atom is 0.211 e. The molecular weight excluding hydrogens is 236 g/mol. The maximum absolute atomic E-state index is 11.9. The molecule has 0 bridgehead atoms. The monoisotopic (exact) mass is 260 g/mol. The Hall–Kier alpha value is -0.130. The van der Waals surface area contributed by atoms with E-state index < -0.39 is 10.0 Å². The summed E-state index contributed by atoms with van der Waals surface area (Å²) in [5.74, 6) is 1.10. The number of nitrogens with one attached hydrogen (secondary N) is 2. The van der Waals surface area contributed by atoms with Crippen LogP contribution in [0.15, 0.2) is 0 Å². The van der Waals surface area contributed by atoms with Crippen molar-refractivity contribution in [2.45, 2.75) is 33.1 Å². The lowest BCUT2D eigenvalue weighted by atomic mass is 10.0. The molecule has 1 aliphatic carbocycles. The molecule has 1 heterocycles. The van der Waals surface area contributed by atoms with Crippen LogP contribution in [0.2, 0.25) is 0 Å². The lowest BCUT2D eigenvalue weighted by molar-refractivity contribution is 0.402. The molecular formula is C12H24N2O2S. The van der Waals surface area contributed by atoms with Crippen molar-refractivity contribution >= 4 is 10.0 Å². The summed E-state index contributed by atoms with van der Waals surface area (Å²) in [6.45, 7) is 6.87. The van der Waals surface area contributed by atoms with Gasteiger partial charge in [0.05, 0.1) is 5.75 Å². The quantitative estimate of drug-likeness (QED) is 0.774. The van der Waals surface area contributed by atoms with Crippen LogP contribution >= 0.6 is 0 Å². The lowest BCUT2D eigenvalue weighted by Crippen LogP contribution is -2.38. The minimum Gasteiger partial charge on any atom is -0.316 e. The number of sulfonamides is 1. The molecule has 17 heavy (non-hydrogen) atoms. The average molecular weight is 260 g/mol. The Bertz CT molecular complexity index is 359. The highest BCUT2D eigenvalue weighted by atomic mass is 32.2. The van der Waals surface area contributed by atoms with Gasteiger partial charge in [-0.25, -0.2) is 13.1 Å². The van der Waals surface area contributed by atoms with Gasteiger partial charge in [-0.1, -0.05) is 13.8 Å². The van der Waals surface area contributed by atoms with Crippen LogP contribution in [0.3, 0.4) is 0 Å². The predicted octanol–water partition coefficient (Wildman–Crippen LogP) is 0.952. The molecule has 0 aromatic rings. The van der Waals surface area contributed by atoms with Gasteiger partial charge in [0, 0.05) is 6.54 Å². The second-order valence-electron chi connectivity index (χ2n) is 6.23. The number of hydrogen-bond donors (Lipinski definition) is 2. The van der Waals surface area contributed by atoms with Crippen LogP contribution in [0.5, 0.6) is 0 Å². The standard InChI is InChI=1S/C12H24N2O2S/c1-12(2)6-11(12)8-14-17(15,16)9-10-4-3-5-13-7-10/h10-11,13-14H,3-9H2,1-2H3. The Morgan fingerprint density at radius 3 is 2.65 bits per heavy atom. The van der Waals surface area contributed by atoms with Crippen LogP contribution in [-0.4, -0.2) is 33.8 Å². The van der Waals surface area contributed by atoms with Crippen LogP contribution in [0.1, 0.15) is 33.1 Å². The van der Waals surface area contributed by atoms with Crippen molar-refractivity contribution in [3.8, 4) is 0 Å². The zero-order valence-electron chi connectivity index (χ0n) is 10.8. The second-order valence-corrected chi connectivity index (χ2v) is 8.08. The van der Waals surface area contributed by atoms with Crippen LogP contribution in [0, 0.1) is 17.3 Å². The lowest BCUT2D eigenvalue weighted by Gasteiger charge is -2.22. The summed E-state index contributed by atoms with van der Waals surface area (Å²) < 4.78 is 26.6. The zero-order chi connectivity index (χ0) is 12.5. The van der Waals surface area contributed by atoms with Gasteiger partial charge in [-0.2, -0.15) is 0 Å². The van der Waals surface area contributed by atoms with Crippen LogP contribution in [0.4, 0.5) is 0 Å². The first-order chi connectivity index (χ1) is 7.89. The van der Waals surface area contributed by atoms with Crippen molar-refractivity contribution < 1.29 is 8.42 Å². The largest absolute Gasteiger partial charge is 0.316 e. The Kier molecular flexibility index (Phi) is 3.80. The normalized spacial score (nSPS) is 32.4. The molecule has 100 valence electrons. The Balaban J connectivity index is 1.74. The third-order valence-electron chi connectivity index (χ3n) is 4.12. The zero-order valence-corrected chi connectivity index (χ0v) is 11.6. The van der Waals surface area contributed by atoms with Crippen molar-refractivity contribution in [2.75, 3.05) is 25.4 Å². The van der Waals surface area contributed by atoms with Gasteiger partial charge in [0.25, 0.3) is 0 Å². The van der Waals surface area contributed by atoms with Gasteiger partial charge in [-0.15, -0.1) is 0 Å². The maximum atomic E-state index is 11.9. The van der Waals surface area contributed by atoms with Crippen molar-refractivity contribution in [3.05, 3.63) is 0 Å². The third kappa shape index (κ3) is 3.93. The molecule has 2 atom stereocenters. The van der Waals surface area contributed by atoms with Gasteiger partial charge in [-0.05, 0) is 49.6 Å². The Labute approximate surface area is 105 Å². The van der Waals surface area contributed by atoms with E-state index in [1.165, 1.54) is 0 Å². The van der Waals surface area contributed by atoms with Gasteiger partial charge in [0.2, 0.25) is 10.0 Å². The van der Waals surface area contributed by atoms with E-state index in [0.717, 1.165) is 32.4 Å². The van der Waals surface area contributed by atoms with E-state index in [-0.39, 0.29) is 11.7 Å². The molecule has 0 spiro atoms. The fraction of sp³-hybridized carbons (Fsp3) is 1.00. The van der Waals surface area contributed by atoms with E-state index in [4.69, 9.17) is 0 Å².